The van der Waals surface area contributed by atoms with Gasteiger partial charge in [0.05, 0.1) is 12.1 Å². The number of urea groups is 1. The molecule has 2 atom stereocenters. The van der Waals surface area contributed by atoms with Crippen molar-refractivity contribution in [3.8, 4) is 0 Å². The van der Waals surface area contributed by atoms with Gasteiger partial charge in [0.1, 0.15) is 0 Å². The molecular weight excluding hydrogens is 230 g/mol. The Hall–Kier alpha value is -1.26. The minimum absolute atomic E-state index is 0.0114. The van der Waals surface area contributed by atoms with Gasteiger partial charge in [-0.1, -0.05) is 0 Å². The van der Waals surface area contributed by atoms with Gasteiger partial charge in [0.15, 0.2) is 0 Å². The lowest BCUT2D eigenvalue weighted by Crippen LogP contribution is -2.50. The number of hydrogen-bond acceptors (Lipinski definition) is 2. The van der Waals surface area contributed by atoms with Gasteiger partial charge < -0.3 is 15.1 Å². The average Bonchev–Trinajstić information content (AvgIpc) is 3.17. The van der Waals surface area contributed by atoms with Gasteiger partial charge in [-0.2, -0.15) is 0 Å². The summed E-state index contributed by atoms with van der Waals surface area (Å²) in [6.45, 7) is 0.869. The maximum Gasteiger partial charge on any atom is 0.317 e. The zero-order chi connectivity index (χ0) is 12.7. The Labute approximate surface area is 107 Å². The average molecular weight is 251 g/mol. The van der Waals surface area contributed by atoms with Crippen molar-refractivity contribution in [2.75, 3.05) is 13.6 Å². The second-order valence-electron chi connectivity index (χ2n) is 5.75. The van der Waals surface area contributed by atoms with E-state index < -0.39 is 0 Å². The Morgan fingerprint density at radius 2 is 2.11 bits per heavy atom. The molecule has 3 aliphatic rings. The molecule has 0 aromatic carbocycles. The monoisotopic (exact) mass is 251 g/mol. The summed E-state index contributed by atoms with van der Waals surface area (Å²) in [7, 11) is 1.85. The van der Waals surface area contributed by atoms with E-state index in [4.69, 9.17) is 0 Å². The van der Waals surface area contributed by atoms with Gasteiger partial charge in [0.25, 0.3) is 0 Å². The topological polar surface area (TPSA) is 52.7 Å². The fraction of sp³-hybridized carbons (Fsp3) is 0.846. The lowest BCUT2D eigenvalue weighted by molar-refractivity contribution is -0.129. The normalized spacial score (nSPS) is 31.2. The van der Waals surface area contributed by atoms with Crippen LogP contribution < -0.4 is 5.32 Å². The maximum atomic E-state index is 12.0. The second-order valence-corrected chi connectivity index (χ2v) is 5.75. The molecule has 0 aromatic heterocycles. The second kappa shape index (κ2) is 4.44. The van der Waals surface area contributed by atoms with Crippen LogP contribution in [0.3, 0.4) is 0 Å². The van der Waals surface area contributed by atoms with Crippen LogP contribution in [0, 0.1) is 0 Å². The summed E-state index contributed by atoms with van der Waals surface area (Å²) in [5, 5.41) is 3.05. The van der Waals surface area contributed by atoms with E-state index in [1.54, 1.807) is 4.90 Å². The fourth-order valence-electron chi connectivity index (χ4n) is 3.16. The Balaban J connectivity index is 1.62. The smallest absolute Gasteiger partial charge is 0.317 e. The van der Waals surface area contributed by atoms with Crippen molar-refractivity contribution in [2.45, 2.75) is 56.7 Å². The number of hydrogen-bond donors (Lipinski definition) is 1. The van der Waals surface area contributed by atoms with E-state index in [9.17, 15) is 9.59 Å². The molecule has 1 saturated carbocycles. The SMILES string of the molecule is CN(C(=O)NC1CC(=O)N2CCCCC12)C1CC1. The minimum atomic E-state index is -0.0114. The van der Waals surface area contributed by atoms with Crippen LogP contribution in [0.25, 0.3) is 0 Å². The maximum absolute atomic E-state index is 12.0. The molecule has 2 aliphatic heterocycles. The third-order valence-corrected chi connectivity index (χ3v) is 4.45. The highest BCUT2D eigenvalue weighted by Gasteiger charge is 2.42. The van der Waals surface area contributed by atoms with E-state index in [1.807, 2.05) is 11.9 Å². The molecule has 5 nitrogen and oxygen atoms in total. The van der Waals surface area contributed by atoms with E-state index in [1.165, 1.54) is 6.42 Å². The van der Waals surface area contributed by atoms with Gasteiger partial charge in [-0.05, 0) is 32.1 Å². The van der Waals surface area contributed by atoms with Crippen LogP contribution in [0.1, 0.15) is 38.5 Å². The van der Waals surface area contributed by atoms with Crippen molar-refractivity contribution in [1.29, 1.82) is 0 Å². The first kappa shape index (κ1) is 11.8. The van der Waals surface area contributed by atoms with Crippen molar-refractivity contribution >= 4 is 11.9 Å². The van der Waals surface area contributed by atoms with Crippen LogP contribution in [-0.2, 0) is 4.79 Å². The molecule has 3 fully saturated rings. The number of piperidine rings is 1. The van der Waals surface area contributed by atoms with Gasteiger partial charge in [-0.3, -0.25) is 4.79 Å². The van der Waals surface area contributed by atoms with Crippen LogP contribution in [0.5, 0.6) is 0 Å². The molecule has 3 rings (SSSR count). The van der Waals surface area contributed by atoms with Crippen molar-refractivity contribution in [3.05, 3.63) is 0 Å². The Kier molecular flexibility index (Phi) is 2.92. The summed E-state index contributed by atoms with van der Waals surface area (Å²) in [5.41, 5.74) is 0. The lowest BCUT2D eigenvalue weighted by atomic mass is 9.99. The molecule has 2 heterocycles. The Morgan fingerprint density at radius 3 is 2.83 bits per heavy atom. The summed E-state index contributed by atoms with van der Waals surface area (Å²) in [6.07, 6.45) is 6.01. The molecule has 3 amide bonds. The molecule has 2 saturated heterocycles. The first-order valence-corrected chi connectivity index (χ1v) is 6.99. The predicted octanol–water partition coefficient (Wildman–Crippen LogP) is 0.944. The number of nitrogens with zero attached hydrogens (tertiary/aromatic N) is 2. The molecule has 0 spiro atoms. The van der Waals surface area contributed by atoms with Gasteiger partial charge in [0.2, 0.25) is 5.91 Å². The quantitative estimate of drug-likeness (QED) is 0.794. The fourth-order valence-corrected chi connectivity index (χ4v) is 3.16. The summed E-state index contributed by atoms with van der Waals surface area (Å²) in [5.74, 6) is 0.207. The number of nitrogens with one attached hydrogen (secondary N) is 1. The van der Waals surface area contributed by atoms with Gasteiger partial charge >= 0.3 is 6.03 Å². The first-order valence-electron chi connectivity index (χ1n) is 6.99. The van der Waals surface area contributed by atoms with Crippen LogP contribution in [0.15, 0.2) is 0 Å². The Morgan fingerprint density at radius 1 is 1.33 bits per heavy atom. The molecule has 5 heteroatoms. The van der Waals surface area contributed by atoms with E-state index in [0.29, 0.717) is 12.5 Å². The third kappa shape index (κ3) is 2.06. The number of amides is 3. The number of fused-ring (bicyclic) bond motifs is 1. The molecule has 1 aliphatic carbocycles. The van der Waals surface area contributed by atoms with E-state index in [-0.39, 0.29) is 24.0 Å². The highest BCUT2D eigenvalue weighted by atomic mass is 16.2. The van der Waals surface area contributed by atoms with Crippen LogP contribution in [0.2, 0.25) is 0 Å². The zero-order valence-corrected chi connectivity index (χ0v) is 10.9. The van der Waals surface area contributed by atoms with E-state index >= 15 is 0 Å². The summed E-state index contributed by atoms with van der Waals surface area (Å²) < 4.78 is 0. The number of carbonyl (C=O) groups excluding carboxylic acids is 2. The zero-order valence-electron chi connectivity index (χ0n) is 10.9. The molecule has 0 bridgehead atoms. The standard InChI is InChI=1S/C13H21N3O2/c1-15(9-5-6-9)13(18)14-10-8-12(17)16-7-3-2-4-11(10)16/h9-11H,2-8H2,1H3,(H,14,18). The summed E-state index contributed by atoms with van der Waals surface area (Å²) >= 11 is 0. The van der Waals surface area contributed by atoms with E-state index in [0.717, 1.165) is 32.2 Å². The van der Waals surface area contributed by atoms with Crippen molar-refractivity contribution in [1.82, 2.24) is 15.1 Å². The third-order valence-electron chi connectivity index (χ3n) is 4.45. The molecule has 100 valence electrons. The molecule has 18 heavy (non-hydrogen) atoms. The van der Waals surface area contributed by atoms with Gasteiger partial charge in [-0.15, -0.1) is 0 Å². The van der Waals surface area contributed by atoms with Crippen LogP contribution in [0.4, 0.5) is 4.79 Å². The molecular formula is C13H21N3O2. The molecule has 0 aromatic rings. The molecule has 1 N–H and O–H groups in total. The lowest BCUT2D eigenvalue weighted by Gasteiger charge is -2.33. The molecule has 0 radical (unpaired) electrons. The largest absolute Gasteiger partial charge is 0.338 e. The van der Waals surface area contributed by atoms with E-state index in [2.05, 4.69) is 5.32 Å². The molecule has 2 unspecified atom stereocenters. The number of carbonyl (C=O) groups is 2. The van der Waals surface area contributed by atoms with Gasteiger partial charge in [0, 0.05) is 26.1 Å². The highest BCUT2D eigenvalue weighted by molar-refractivity contribution is 5.82. The minimum Gasteiger partial charge on any atom is -0.338 e. The van der Waals surface area contributed by atoms with Crippen LogP contribution in [-0.4, -0.2) is 53.5 Å². The van der Waals surface area contributed by atoms with Crippen LogP contribution >= 0.6 is 0 Å². The Bertz CT molecular complexity index is 367. The van der Waals surface area contributed by atoms with Crippen molar-refractivity contribution in [3.63, 3.8) is 0 Å². The summed E-state index contributed by atoms with van der Waals surface area (Å²) in [4.78, 5) is 27.7. The van der Waals surface area contributed by atoms with Gasteiger partial charge in [-0.25, -0.2) is 4.79 Å². The predicted molar refractivity (Wildman–Crippen MR) is 67.1 cm³/mol. The summed E-state index contributed by atoms with van der Waals surface area (Å²) in [6, 6.07) is 0.668. The van der Waals surface area contributed by atoms with Crippen molar-refractivity contribution < 1.29 is 9.59 Å². The number of rotatable bonds is 2. The highest BCUT2D eigenvalue weighted by Crippen LogP contribution is 2.29. The first-order chi connectivity index (χ1) is 8.66. The van der Waals surface area contributed by atoms with Crippen molar-refractivity contribution in [2.24, 2.45) is 0 Å².